The fraction of sp³-hybridized carbons (Fsp3) is 0.167. The summed E-state index contributed by atoms with van der Waals surface area (Å²) in [5, 5.41) is 0. The Hall–Kier alpha value is -1.00. The molecule has 2 aromatic heterocycles. The molecule has 0 spiro atoms. The van der Waals surface area contributed by atoms with Crippen molar-refractivity contribution in [1.82, 2.24) is 9.97 Å². The Balaban J connectivity index is -0.000000289. The molecule has 2 heterocycles. The van der Waals surface area contributed by atoms with Gasteiger partial charge in [-0.3, -0.25) is 9.97 Å². The molecule has 0 amide bonds. The SMILES string of the molecule is NCc1ccccn1.NCc1ccccn1.[Cu+2].[O-][Cl+3]([O-])([O-])[O-].[O-][Cl+3]([O-])([O-])[O-]. The van der Waals surface area contributed by atoms with E-state index in [0.29, 0.717) is 13.1 Å². The maximum Gasteiger partial charge on any atom is 2.00 e. The Morgan fingerprint density at radius 2 is 0.889 bits per heavy atom. The van der Waals surface area contributed by atoms with E-state index in [1.165, 1.54) is 0 Å². The van der Waals surface area contributed by atoms with Gasteiger partial charge in [0.15, 0.2) is 0 Å². The van der Waals surface area contributed by atoms with E-state index in [2.05, 4.69) is 9.97 Å². The second-order valence-corrected chi connectivity index (χ2v) is 5.32. The molecule has 15 heteroatoms. The Morgan fingerprint density at radius 3 is 1.00 bits per heavy atom. The molecule has 0 aliphatic carbocycles. The second-order valence-electron chi connectivity index (χ2n) is 3.81. The van der Waals surface area contributed by atoms with E-state index in [9.17, 15) is 0 Å². The van der Waals surface area contributed by atoms with E-state index in [-0.39, 0.29) is 17.1 Å². The molecule has 157 valence electrons. The van der Waals surface area contributed by atoms with Crippen LogP contribution in [0.2, 0.25) is 0 Å². The number of pyridine rings is 2. The second kappa shape index (κ2) is 17.1. The minimum atomic E-state index is -4.94. The van der Waals surface area contributed by atoms with Gasteiger partial charge in [-0.1, -0.05) is 12.1 Å². The van der Waals surface area contributed by atoms with Crippen molar-refractivity contribution in [1.29, 1.82) is 0 Å². The number of nitrogens with two attached hydrogens (primary N) is 2. The quantitative estimate of drug-likeness (QED) is 0.381. The van der Waals surface area contributed by atoms with Crippen LogP contribution in [-0.2, 0) is 30.2 Å². The molecule has 27 heavy (non-hydrogen) atoms. The summed E-state index contributed by atoms with van der Waals surface area (Å²) in [6, 6.07) is 11.4. The predicted octanol–water partition coefficient (Wildman–Crippen LogP) is -8.43. The Kier molecular flexibility index (Phi) is 19.5. The van der Waals surface area contributed by atoms with Gasteiger partial charge in [0.25, 0.3) is 0 Å². The van der Waals surface area contributed by atoms with E-state index in [4.69, 9.17) is 48.7 Å². The average Bonchev–Trinajstić information content (AvgIpc) is 2.54. The molecule has 0 aliphatic rings. The molecule has 1 radical (unpaired) electrons. The van der Waals surface area contributed by atoms with Crippen LogP contribution in [0.4, 0.5) is 0 Å². The monoisotopic (exact) mass is 477 g/mol. The van der Waals surface area contributed by atoms with Crippen molar-refractivity contribution in [3.05, 3.63) is 60.2 Å². The van der Waals surface area contributed by atoms with E-state index in [1.807, 2.05) is 36.4 Å². The first-order chi connectivity index (χ1) is 11.9. The zero-order valence-electron chi connectivity index (χ0n) is 13.4. The van der Waals surface area contributed by atoms with Crippen LogP contribution in [0.25, 0.3) is 0 Å². The molecule has 0 fully saturated rings. The number of hydrogen-bond donors (Lipinski definition) is 2. The van der Waals surface area contributed by atoms with Crippen LogP contribution in [0.5, 0.6) is 0 Å². The summed E-state index contributed by atoms with van der Waals surface area (Å²) < 4.78 is 67.9. The van der Waals surface area contributed by atoms with Gasteiger partial charge < -0.3 is 11.5 Å². The minimum absolute atomic E-state index is 0. The normalized spacial score (nSPS) is 9.85. The molecule has 12 nitrogen and oxygen atoms in total. The van der Waals surface area contributed by atoms with Crippen LogP contribution >= 0.6 is 0 Å². The number of nitrogens with zero attached hydrogens (tertiary/aromatic N) is 2. The Morgan fingerprint density at radius 1 is 0.630 bits per heavy atom. The van der Waals surface area contributed by atoms with Crippen molar-refractivity contribution in [3.63, 3.8) is 0 Å². The molecule has 2 rings (SSSR count). The molecule has 0 unspecified atom stereocenters. The number of aromatic nitrogens is 2. The third-order valence-corrected chi connectivity index (χ3v) is 1.87. The molecule has 0 aromatic carbocycles. The van der Waals surface area contributed by atoms with Crippen LogP contribution in [-0.4, -0.2) is 9.97 Å². The van der Waals surface area contributed by atoms with E-state index in [0.717, 1.165) is 11.4 Å². The summed E-state index contributed by atoms with van der Waals surface area (Å²) >= 11 is 0. The maximum atomic E-state index is 8.49. The summed E-state index contributed by atoms with van der Waals surface area (Å²) in [5.74, 6) is 0. The van der Waals surface area contributed by atoms with Crippen molar-refractivity contribution in [2.45, 2.75) is 13.1 Å². The molecule has 0 aliphatic heterocycles. The topological polar surface area (TPSA) is 262 Å². The largest absolute Gasteiger partial charge is 2.00 e. The minimum Gasteiger partial charge on any atom is -0.325 e. The molecular weight excluding hydrogens is 463 g/mol. The molecule has 4 N–H and O–H groups in total. The molecule has 0 atom stereocenters. The van der Waals surface area contributed by atoms with Gasteiger partial charge in [0.1, 0.15) is 0 Å². The van der Waals surface area contributed by atoms with Gasteiger partial charge in [-0.05, 0) is 24.3 Å². The van der Waals surface area contributed by atoms with Crippen molar-refractivity contribution >= 4 is 0 Å². The fourth-order valence-corrected chi connectivity index (χ4v) is 1.04. The Bertz CT molecular complexity index is 497. The fourth-order valence-electron chi connectivity index (χ4n) is 1.04. The molecule has 0 saturated heterocycles. The van der Waals surface area contributed by atoms with Crippen LogP contribution in [0, 0.1) is 20.5 Å². The zero-order valence-corrected chi connectivity index (χ0v) is 15.9. The molecule has 0 bridgehead atoms. The third kappa shape index (κ3) is 36.6. The summed E-state index contributed by atoms with van der Waals surface area (Å²) in [4.78, 5) is 7.94. The predicted molar refractivity (Wildman–Crippen MR) is 64.3 cm³/mol. The smallest absolute Gasteiger partial charge is 0.325 e. The van der Waals surface area contributed by atoms with E-state index >= 15 is 0 Å². The van der Waals surface area contributed by atoms with Gasteiger partial charge >= 0.3 is 17.1 Å². The van der Waals surface area contributed by atoms with Crippen LogP contribution in [0.1, 0.15) is 11.4 Å². The molecule has 0 saturated carbocycles. The standard InChI is InChI=1S/2C6H8N2.2ClHO4.Cu/c2*7-5-6-3-1-2-4-8-6;2*2-1(3,4)5;/h2*1-4H,5,7H2;2*(H,2,3,4,5);/q;;;;+2/p-2. The average molecular weight is 479 g/mol. The summed E-state index contributed by atoms with van der Waals surface area (Å²) in [6.45, 7) is 1.06. The summed E-state index contributed by atoms with van der Waals surface area (Å²) in [7, 11) is -9.89. The van der Waals surface area contributed by atoms with Gasteiger partial charge in [-0.2, -0.15) is 0 Å². The van der Waals surface area contributed by atoms with E-state index in [1.54, 1.807) is 12.4 Å². The van der Waals surface area contributed by atoms with Crippen molar-refractivity contribution < 1.29 is 74.8 Å². The number of halogens is 2. The van der Waals surface area contributed by atoms with Gasteiger partial charge in [0.2, 0.25) is 0 Å². The first-order valence-corrected chi connectivity index (χ1v) is 8.77. The maximum absolute atomic E-state index is 8.49. The van der Waals surface area contributed by atoms with Crippen molar-refractivity contribution in [3.8, 4) is 0 Å². The van der Waals surface area contributed by atoms with Gasteiger partial charge in [0.05, 0.1) is 11.4 Å². The summed E-state index contributed by atoms with van der Waals surface area (Å²) in [5.41, 5.74) is 12.4. The molecule has 2 aromatic rings. The van der Waals surface area contributed by atoms with Gasteiger partial charge in [-0.15, -0.1) is 20.5 Å². The van der Waals surface area contributed by atoms with Crippen LogP contribution < -0.4 is 48.7 Å². The molecular formula is C12H16Cl2CuN4O8. The summed E-state index contributed by atoms with van der Waals surface area (Å²) in [6.07, 6.45) is 3.48. The van der Waals surface area contributed by atoms with E-state index < -0.39 is 20.5 Å². The third-order valence-electron chi connectivity index (χ3n) is 1.87. The van der Waals surface area contributed by atoms with Crippen molar-refractivity contribution in [2.75, 3.05) is 0 Å². The number of hydrogen-bond acceptors (Lipinski definition) is 12. The van der Waals surface area contributed by atoms with Crippen LogP contribution in [0.3, 0.4) is 0 Å². The van der Waals surface area contributed by atoms with Crippen molar-refractivity contribution in [2.24, 2.45) is 11.5 Å². The number of rotatable bonds is 2. The van der Waals surface area contributed by atoms with Gasteiger partial charge in [0, 0.05) is 25.5 Å². The van der Waals surface area contributed by atoms with Gasteiger partial charge in [-0.25, -0.2) is 37.3 Å². The zero-order chi connectivity index (χ0) is 20.6. The first-order valence-electron chi connectivity index (χ1n) is 6.30. The van der Waals surface area contributed by atoms with Crippen LogP contribution in [0.15, 0.2) is 48.8 Å². The Labute approximate surface area is 169 Å². The first kappa shape index (κ1) is 30.7.